The number of carbonyl (C=O) groups excluding carboxylic acids is 1. The van der Waals surface area contributed by atoms with Crippen LogP contribution in [0.2, 0.25) is 0 Å². The molecule has 0 saturated carbocycles. The fourth-order valence-electron chi connectivity index (χ4n) is 3.53. The summed E-state index contributed by atoms with van der Waals surface area (Å²) >= 11 is 0. The van der Waals surface area contributed by atoms with Crippen LogP contribution < -0.4 is 9.47 Å². The molecule has 27 heavy (non-hydrogen) atoms. The Morgan fingerprint density at radius 1 is 1.22 bits per heavy atom. The molecule has 0 saturated heterocycles. The zero-order valence-corrected chi connectivity index (χ0v) is 14.9. The third kappa shape index (κ3) is 2.81. The first-order valence-corrected chi connectivity index (χ1v) is 8.87. The lowest BCUT2D eigenvalue weighted by atomic mass is 10.1. The Kier molecular flexibility index (Phi) is 3.60. The van der Waals surface area contributed by atoms with Crippen molar-refractivity contribution in [2.75, 3.05) is 13.3 Å². The van der Waals surface area contributed by atoms with Crippen LogP contribution in [0.1, 0.15) is 22.5 Å². The highest BCUT2D eigenvalue weighted by atomic mass is 16.7. The lowest BCUT2D eigenvalue weighted by molar-refractivity contribution is -0.126. The van der Waals surface area contributed by atoms with E-state index in [1.54, 1.807) is 12.2 Å². The van der Waals surface area contributed by atoms with Gasteiger partial charge in [-0.15, -0.1) is 0 Å². The van der Waals surface area contributed by atoms with Gasteiger partial charge in [-0.1, -0.05) is 6.07 Å². The van der Waals surface area contributed by atoms with Gasteiger partial charge in [0.1, 0.15) is 0 Å². The number of carbonyl (C=O) groups is 1. The molecule has 1 aromatic carbocycles. The smallest absolute Gasteiger partial charge is 0.246 e. The summed E-state index contributed by atoms with van der Waals surface area (Å²) in [6.07, 6.45) is 6.02. The van der Waals surface area contributed by atoms with Gasteiger partial charge in [0.2, 0.25) is 12.7 Å². The van der Waals surface area contributed by atoms with E-state index in [1.807, 2.05) is 46.8 Å². The molecule has 2 aliphatic rings. The average molecular weight is 362 g/mol. The number of fused-ring (bicyclic) bond motifs is 4. The summed E-state index contributed by atoms with van der Waals surface area (Å²) < 4.78 is 12.6. The first-order chi connectivity index (χ1) is 13.2. The minimum Gasteiger partial charge on any atom is -0.454 e. The van der Waals surface area contributed by atoms with Crippen molar-refractivity contribution < 1.29 is 14.3 Å². The van der Waals surface area contributed by atoms with Crippen molar-refractivity contribution in [3.63, 3.8) is 0 Å². The zero-order valence-electron chi connectivity index (χ0n) is 14.9. The normalized spacial score (nSPS) is 15.5. The lowest BCUT2D eigenvalue weighted by Gasteiger charge is -2.27. The molecule has 0 atom stereocenters. The van der Waals surface area contributed by atoms with Gasteiger partial charge in [0, 0.05) is 43.4 Å². The second-order valence-electron chi connectivity index (χ2n) is 6.74. The fraction of sp³-hybridized carbons (Fsp3) is 0.250. The van der Waals surface area contributed by atoms with Gasteiger partial charge in [-0.3, -0.25) is 4.79 Å². The van der Waals surface area contributed by atoms with Crippen LogP contribution in [-0.2, 0) is 17.8 Å². The van der Waals surface area contributed by atoms with E-state index in [9.17, 15) is 4.79 Å². The van der Waals surface area contributed by atoms with Gasteiger partial charge in [0.25, 0.3) is 0 Å². The van der Waals surface area contributed by atoms with Gasteiger partial charge in [-0.25, -0.2) is 9.50 Å². The third-order valence-electron chi connectivity index (χ3n) is 4.90. The Morgan fingerprint density at radius 3 is 3.04 bits per heavy atom. The summed E-state index contributed by atoms with van der Waals surface area (Å²) in [5.74, 6) is 1.43. The molecule has 0 spiro atoms. The molecule has 5 rings (SSSR count). The topological polar surface area (TPSA) is 69.0 Å². The van der Waals surface area contributed by atoms with E-state index < -0.39 is 0 Å². The van der Waals surface area contributed by atoms with Crippen LogP contribution in [0.4, 0.5) is 0 Å². The van der Waals surface area contributed by atoms with Crippen molar-refractivity contribution >= 4 is 17.6 Å². The zero-order chi connectivity index (χ0) is 18.4. The third-order valence-corrected chi connectivity index (χ3v) is 4.90. The van der Waals surface area contributed by atoms with E-state index in [0.717, 1.165) is 40.3 Å². The predicted octanol–water partition coefficient (Wildman–Crippen LogP) is 2.36. The molecular weight excluding hydrogens is 344 g/mol. The number of hydrogen-bond donors (Lipinski definition) is 0. The van der Waals surface area contributed by atoms with Crippen LogP contribution in [0.25, 0.3) is 11.7 Å². The molecule has 0 radical (unpaired) electrons. The van der Waals surface area contributed by atoms with Crippen LogP contribution in [0, 0.1) is 6.92 Å². The SMILES string of the molecule is Cc1cc2ncc3c(n2n1)CCN(C(=O)C=Cc1ccc2c(c1)OCO2)C3. The maximum Gasteiger partial charge on any atom is 0.246 e. The molecule has 0 aliphatic carbocycles. The maximum absolute atomic E-state index is 12.6. The molecule has 2 aromatic heterocycles. The van der Waals surface area contributed by atoms with Gasteiger partial charge in [0.15, 0.2) is 17.1 Å². The Morgan fingerprint density at radius 2 is 2.11 bits per heavy atom. The Balaban J connectivity index is 1.34. The van der Waals surface area contributed by atoms with Crippen LogP contribution in [0.3, 0.4) is 0 Å². The summed E-state index contributed by atoms with van der Waals surface area (Å²) in [4.78, 5) is 18.9. The highest BCUT2D eigenvalue weighted by Crippen LogP contribution is 2.32. The first kappa shape index (κ1) is 15.9. The molecule has 0 unspecified atom stereocenters. The Hall–Kier alpha value is -3.35. The highest BCUT2D eigenvalue weighted by molar-refractivity contribution is 5.92. The molecular formula is C20H18N4O3. The van der Waals surface area contributed by atoms with Crippen LogP contribution >= 0.6 is 0 Å². The van der Waals surface area contributed by atoms with E-state index in [-0.39, 0.29) is 12.7 Å². The average Bonchev–Trinajstić information content (AvgIpc) is 3.30. The molecule has 2 aliphatic heterocycles. The molecule has 3 aromatic rings. The predicted molar refractivity (Wildman–Crippen MR) is 98.4 cm³/mol. The lowest BCUT2D eigenvalue weighted by Crippen LogP contribution is -2.36. The molecule has 136 valence electrons. The quantitative estimate of drug-likeness (QED) is 0.655. The largest absolute Gasteiger partial charge is 0.454 e. The number of nitrogens with zero attached hydrogens (tertiary/aromatic N) is 4. The molecule has 4 heterocycles. The van der Waals surface area contributed by atoms with Crippen molar-refractivity contribution in [2.45, 2.75) is 19.9 Å². The standard InChI is InChI=1S/C20H18N4O3/c1-13-8-19-21-10-15-11-23(7-6-16(15)24(19)22-13)20(25)5-3-14-2-4-17-18(9-14)27-12-26-17/h2-5,8-10H,6-7,11-12H2,1H3. The van der Waals surface area contributed by atoms with Crippen molar-refractivity contribution in [1.82, 2.24) is 19.5 Å². The number of aromatic nitrogens is 3. The van der Waals surface area contributed by atoms with Crippen molar-refractivity contribution in [1.29, 1.82) is 0 Å². The summed E-state index contributed by atoms with van der Waals surface area (Å²) in [5.41, 5.74) is 4.88. The first-order valence-electron chi connectivity index (χ1n) is 8.87. The summed E-state index contributed by atoms with van der Waals surface area (Å²) in [7, 11) is 0. The van der Waals surface area contributed by atoms with E-state index in [1.165, 1.54) is 0 Å². The molecule has 0 bridgehead atoms. The molecule has 0 N–H and O–H groups in total. The van der Waals surface area contributed by atoms with E-state index in [4.69, 9.17) is 9.47 Å². The molecule has 7 nitrogen and oxygen atoms in total. The molecule has 7 heteroatoms. The molecule has 0 fully saturated rings. The second-order valence-corrected chi connectivity index (χ2v) is 6.74. The Bertz CT molecular complexity index is 1090. The summed E-state index contributed by atoms with van der Waals surface area (Å²) in [6.45, 7) is 3.41. The monoisotopic (exact) mass is 362 g/mol. The number of ether oxygens (including phenoxy) is 2. The van der Waals surface area contributed by atoms with Crippen LogP contribution in [-0.4, -0.2) is 38.7 Å². The van der Waals surface area contributed by atoms with E-state index in [2.05, 4.69) is 10.1 Å². The fourth-order valence-corrected chi connectivity index (χ4v) is 3.53. The number of hydrogen-bond acceptors (Lipinski definition) is 5. The molecule has 1 amide bonds. The summed E-state index contributed by atoms with van der Waals surface area (Å²) in [5, 5.41) is 4.52. The highest BCUT2D eigenvalue weighted by Gasteiger charge is 2.22. The van der Waals surface area contributed by atoms with Gasteiger partial charge in [0.05, 0.1) is 11.4 Å². The van der Waals surface area contributed by atoms with Gasteiger partial charge < -0.3 is 14.4 Å². The number of aryl methyl sites for hydroxylation is 1. The summed E-state index contributed by atoms with van der Waals surface area (Å²) in [6, 6.07) is 7.60. The van der Waals surface area contributed by atoms with Gasteiger partial charge in [-0.05, 0) is 30.7 Å². The number of benzene rings is 1. The van der Waals surface area contributed by atoms with Gasteiger partial charge >= 0.3 is 0 Å². The number of rotatable bonds is 2. The minimum atomic E-state index is -0.0185. The van der Waals surface area contributed by atoms with Crippen LogP contribution in [0.15, 0.2) is 36.5 Å². The minimum absolute atomic E-state index is 0.0185. The second kappa shape index (κ2) is 6.12. The van der Waals surface area contributed by atoms with E-state index >= 15 is 0 Å². The van der Waals surface area contributed by atoms with Crippen molar-refractivity contribution in [2.24, 2.45) is 0 Å². The van der Waals surface area contributed by atoms with E-state index in [0.29, 0.717) is 18.8 Å². The number of amides is 1. The van der Waals surface area contributed by atoms with Crippen LogP contribution in [0.5, 0.6) is 11.5 Å². The van der Waals surface area contributed by atoms with Gasteiger partial charge in [-0.2, -0.15) is 5.10 Å². The van der Waals surface area contributed by atoms with Crippen molar-refractivity contribution in [3.8, 4) is 11.5 Å². The maximum atomic E-state index is 12.6. The van der Waals surface area contributed by atoms with Crippen molar-refractivity contribution in [3.05, 3.63) is 59.1 Å². The Labute approximate surface area is 155 Å².